The van der Waals surface area contributed by atoms with Crippen molar-refractivity contribution < 1.29 is 4.79 Å². The predicted molar refractivity (Wildman–Crippen MR) is 110 cm³/mol. The molecule has 3 rings (SSSR count). The number of rotatable bonds is 6. The van der Waals surface area contributed by atoms with Gasteiger partial charge in [-0.1, -0.05) is 28.6 Å². The zero-order valence-corrected chi connectivity index (χ0v) is 17.7. The molecule has 1 N–H and O–H groups in total. The highest BCUT2D eigenvalue weighted by atomic mass is 35.5. The van der Waals surface area contributed by atoms with Crippen molar-refractivity contribution in [2.75, 3.05) is 0 Å². The summed E-state index contributed by atoms with van der Waals surface area (Å²) in [4.78, 5) is 21.5. The number of benzene rings is 1. The highest BCUT2D eigenvalue weighted by molar-refractivity contribution is 7.98. The molecule has 0 bridgehead atoms. The standard InChI is InChI=1S/C19H21ClN6OS/c1-11(2)21-18(27)17-16(10-28-19-22-12(3)9-13(4)23-19)26(25-24-17)15-7-5-14(20)6-8-15/h5-9,11H,10H2,1-4H3,(H,21,27). The van der Waals surface area contributed by atoms with Gasteiger partial charge in [0.05, 0.1) is 11.4 Å². The number of aryl methyl sites for hydroxylation is 2. The van der Waals surface area contributed by atoms with Crippen LogP contribution in [0.2, 0.25) is 5.02 Å². The molecule has 0 aliphatic heterocycles. The van der Waals surface area contributed by atoms with E-state index in [1.807, 2.05) is 45.9 Å². The van der Waals surface area contributed by atoms with Gasteiger partial charge < -0.3 is 5.32 Å². The largest absolute Gasteiger partial charge is 0.348 e. The first-order valence-corrected chi connectivity index (χ1v) is 10.2. The van der Waals surface area contributed by atoms with Crippen molar-refractivity contribution in [2.45, 2.75) is 44.6 Å². The van der Waals surface area contributed by atoms with E-state index in [9.17, 15) is 4.79 Å². The minimum Gasteiger partial charge on any atom is -0.348 e. The van der Waals surface area contributed by atoms with Gasteiger partial charge in [0.25, 0.3) is 5.91 Å². The number of carbonyl (C=O) groups excluding carboxylic acids is 1. The molecule has 1 amide bonds. The van der Waals surface area contributed by atoms with E-state index >= 15 is 0 Å². The molecule has 0 aliphatic rings. The lowest BCUT2D eigenvalue weighted by molar-refractivity contribution is 0.0937. The van der Waals surface area contributed by atoms with Gasteiger partial charge in [-0.3, -0.25) is 4.79 Å². The number of carbonyl (C=O) groups is 1. The van der Waals surface area contributed by atoms with E-state index in [1.54, 1.807) is 16.8 Å². The van der Waals surface area contributed by atoms with Crippen LogP contribution in [0.1, 0.15) is 41.4 Å². The molecule has 146 valence electrons. The fraction of sp³-hybridized carbons (Fsp3) is 0.316. The first-order valence-electron chi connectivity index (χ1n) is 8.80. The van der Waals surface area contributed by atoms with Crippen LogP contribution < -0.4 is 5.32 Å². The molecule has 0 atom stereocenters. The number of nitrogens with zero attached hydrogens (tertiary/aromatic N) is 5. The third-order valence-electron chi connectivity index (χ3n) is 3.77. The van der Waals surface area contributed by atoms with E-state index in [0.29, 0.717) is 27.3 Å². The fourth-order valence-corrected chi connectivity index (χ4v) is 3.69. The normalized spacial score (nSPS) is 11.1. The maximum atomic E-state index is 12.6. The Morgan fingerprint density at radius 1 is 1.18 bits per heavy atom. The molecule has 2 heterocycles. The number of thioether (sulfide) groups is 1. The number of halogens is 1. The van der Waals surface area contributed by atoms with Crippen molar-refractivity contribution in [1.82, 2.24) is 30.3 Å². The van der Waals surface area contributed by atoms with Crippen molar-refractivity contribution in [3.8, 4) is 5.69 Å². The van der Waals surface area contributed by atoms with Crippen molar-refractivity contribution in [3.63, 3.8) is 0 Å². The maximum Gasteiger partial charge on any atom is 0.274 e. The monoisotopic (exact) mass is 416 g/mol. The third kappa shape index (κ3) is 4.88. The highest BCUT2D eigenvalue weighted by Gasteiger charge is 2.22. The van der Waals surface area contributed by atoms with E-state index in [2.05, 4.69) is 25.6 Å². The highest BCUT2D eigenvalue weighted by Crippen LogP contribution is 2.24. The van der Waals surface area contributed by atoms with E-state index in [-0.39, 0.29) is 11.9 Å². The first kappa shape index (κ1) is 20.3. The minimum atomic E-state index is -0.257. The topological polar surface area (TPSA) is 85.6 Å². The molecule has 0 saturated carbocycles. The van der Waals surface area contributed by atoms with Gasteiger partial charge >= 0.3 is 0 Å². The van der Waals surface area contributed by atoms with Gasteiger partial charge in [-0.15, -0.1) is 5.10 Å². The molecule has 0 unspecified atom stereocenters. The summed E-state index contributed by atoms with van der Waals surface area (Å²) in [5.41, 5.74) is 3.54. The summed E-state index contributed by atoms with van der Waals surface area (Å²) >= 11 is 7.43. The molecule has 0 radical (unpaired) electrons. The Bertz CT molecular complexity index is 966. The Labute approximate surface area is 172 Å². The maximum absolute atomic E-state index is 12.6. The van der Waals surface area contributed by atoms with E-state index in [1.165, 1.54) is 11.8 Å². The average molecular weight is 417 g/mol. The molecule has 28 heavy (non-hydrogen) atoms. The quantitative estimate of drug-likeness (QED) is 0.486. The van der Waals surface area contributed by atoms with E-state index in [0.717, 1.165) is 17.1 Å². The summed E-state index contributed by atoms with van der Waals surface area (Å²) in [5.74, 6) is 0.187. The molecular formula is C19H21ClN6OS. The Balaban J connectivity index is 1.96. The van der Waals surface area contributed by atoms with Gasteiger partial charge in [0.1, 0.15) is 0 Å². The summed E-state index contributed by atoms with van der Waals surface area (Å²) in [5, 5.41) is 12.5. The molecule has 1 aromatic carbocycles. The third-order valence-corrected chi connectivity index (χ3v) is 4.88. The van der Waals surface area contributed by atoms with Crippen LogP contribution in [0.5, 0.6) is 0 Å². The van der Waals surface area contributed by atoms with Gasteiger partial charge in [0.2, 0.25) is 0 Å². The second-order valence-electron chi connectivity index (χ2n) is 6.62. The van der Waals surface area contributed by atoms with Gasteiger partial charge in [-0.2, -0.15) is 0 Å². The molecule has 3 aromatic rings. The van der Waals surface area contributed by atoms with E-state index < -0.39 is 0 Å². The van der Waals surface area contributed by atoms with Crippen molar-refractivity contribution in [3.05, 3.63) is 58.1 Å². The smallest absolute Gasteiger partial charge is 0.274 e. The van der Waals surface area contributed by atoms with E-state index in [4.69, 9.17) is 11.6 Å². The second-order valence-corrected chi connectivity index (χ2v) is 8.00. The van der Waals surface area contributed by atoms with Crippen LogP contribution in [0.4, 0.5) is 0 Å². The molecule has 0 spiro atoms. The Morgan fingerprint density at radius 2 is 1.82 bits per heavy atom. The Morgan fingerprint density at radius 3 is 2.43 bits per heavy atom. The summed E-state index contributed by atoms with van der Waals surface area (Å²) < 4.78 is 1.65. The number of hydrogen-bond donors (Lipinski definition) is 1. The fourth-order valence-electron chi connectivity index (χ4n) is 2.62. The number of amides is 1. The van der Waals surface area contributed by atoms with Crippen LogP contribution in [0.3, 0.4) is 0 Å². The van der Waals surface area contributed by atoms with Crippen molar-refractivity contribution >= 4 is 29.3 Å². The van der Waals surface area contributed by atoms with Gasteiger partial charge in [0, 0.05) is 28.2 Å². The second kappa shape index (κ2) is 8.70. The molecular weight excluding hydrogens is 396 g/mol. The molecule has 0 saturated heterocycles. The van der Waals surface area contributed by atoms with Gasteiger partial charge in [0.15, 0.2) is 10.9 Å². The predicted octanol–water partition coefficient (Wildman–Crippen LogP) is 3.76. The lowest BCUT2D eigenvalue weighted by Gasteiger charge is -2.10. The SMILES string of the molecule is Cc1cc(C)nc(SCc2c(C(=O)NC(C)C)nnn2-c2ccc(Cl)cc2)n1. The summed E-state index contributed by atoms with van der Waals surface area (Å²) in [6, 6.07) is 9.14. The number of aromatic nitrogens is 5. The van der Waals surface area contributed by atoms with Crippen LogP contribution >= 0.6 is 23.4 Å². The number of nitrogens with one attached hydrogen (secondary N) is 1. The van der Waals surface area contributed by atoms with Crippen molar-refractivity contribution in [2.24, 2.45) is 0 Å². The average Bonchev–Trinajstić information content (AvgIpc) is 3.03. The van der Waals surface area contributed by atoms with Crippen LogP contribution in [0, 0.1) is 13.8 Å². The molecule has 9 heteroatoms. The minimum absolute atomic E-state index is 0.00330. The Kier molecular flexibility index (Phi) is 6.31. The molecule has 7 nitrogen and oxygen atoms in total. The molecule has 0 aliphatic carbocycles. The van der Waals surface area contributed by atoms with Crippen molar-refractivity contribution in [1.29, 1.82) is 0 Å². The molecule has 2 aromatic heterocycles. The zero-order chi connectivity index (χ0) is 20.3. The lowest BCUT2D eigenvalue weighted by Crippen LogP contribution is -2.31. The van der Waals surface area contributed by atoms with Crippen LogP contribution in [-0.4, -0.2) is 36.9 Å². The lowest BCUT2D eigenvalue weighted by atomic mass is 10.2. The zero-order valence-electron chi connectivity index (χ0n) is 16.1. The van der Waals surface area contributed by atoms with Gasteiger partial charge in [-0.25, -0.2) is 14.6 Å². The van der Waals surface area contributed by atoms with Crippen LogP contribution in [-0.2, 0) is 5.75 Å². The van der Waals surface area contributed by atoms with Crippen LogP contribution in [0.25, 0.3) is 5.69 Å². The van der Waals surface area contributed by atoms with Gasteiger partial charge in [-0.05, 0) is 58.0 Å². The first-order chi connectivity index (χ1) is 13.3. The summed E-state index contributed by atoms with van der Waals surface area (Å²) in [6.07, 6.45) is 0. The summed E-state index contributed by atoms with van der Waals surface area (Å²) in [7, 11) is 0. The molecule has 0 fully saturated rings. The summed E-state index contributed by atoms with van der Waals surface area (Å²) in [6.45, 7) is 7.66. The van der Waals surface area contributed by atoms with Crippen LogP contribution in [0.15, 0.2) is 35.5 Å². The number of hydrogen-bond acceptors (Lipinski definition) is 6. The Hall–Kier alpha value is -2.45.